The van der Waals surface area contributed by atoms with Gasteiger partial charge in [0.2, 0.25) is 0 Å². The molecule has 0 aromatic heterocycles. The average Bonchev–Trinajstić information content (AvgIpc) is 2.42. The van der Waals surface area contributed by atoms with Crippen LogP contribution in [0.5, 0.6) is 0 Å². The van der Waals surface area contributed by atoms with Gasteiger partial charge in [-0.2, -0.15) is 5.26 Å². The Labute approximate surface area is 108 Å². The fraction of sp³-hybridized carbons (Fsp3) is 0.533. The Morgan fingerprint density at radius 1 is 1.33 bits per heavy atom. The van der Waals surface area contributed by atoms with Gasteiger partial charge in [0.25, 0.3) is 0 Å². The van der Waals surface area contributed by atoms with Crippen molar-refractivity contribution in [1.29, 1.82) is 5.26 Å². The second kappa shape index (κ2) is 5.86. The fourth-order valence-corrected chi connectivity index (χ4v) is 2.70. The summed E-state index contributed by atoms with van der Waals surface area (Å²) in [6, 6.07) is 6.83. The zero-order valence-corrected chi connectivity index (χ0v) is 10.7. The first kappa shape index (κ1) is 12.9. The number of benzene rings is 1. The number of anilines is 1. The number of nitriles is 1. The molecule has 1 fully saturated rings. The monoisotopic (exact) mass is 246 g/mol. The predicted molar refractivity (Wildman–Crippen MR) is 70.8 cm³/mol. The third kappa shape index (κ3) is 3.01. The van der Waals surface area contributed by atoms with Crippen molar-refractivity contribution in [3.05, 3.63) is 29.6 Å². The first-order chi connectivity index (χ1) is 8.70. The van der Waals surface area contributed by atoms with E-state index in [9.17, 15) is 4.39 Å². The summed E-state index contributed by atoms with van der Waals surface area (Å²) in [7, 11) is 0. The van der Waals surface area contributed by atoms with Crippen molar-refractivity contribution in [3.8, 4) is 6.07 Å². The lowest BCUT2D eigenvalue weighted by Crippen LogP contribution is -2.28. The molecule has 2 nitrogen and oxygen atoms in total. The van der Waals surface area contributed by atoms with Crippen LogP contribution in [0.2, 0.25) is 0 Å². The van der Waals surface area contributed by atoms with Gasteiger partial charge in [0.1, 0.15) is 5.82 Å². The van der Waals surface area contributed by atoms with E-state index in [2.05, 4.69) is 12.2 Å². The van der Waals surface area contributed by atoms with Crippen LogP contribution in [0, 0.1) is 23.1 Å². The zero-order chi connectivity index (χ0) is 13.0. The maximum Gasteiger partial charge on any atom is 0.147 e. The lowest BCUT2D eigenvalue weighted by molar-refractivity contribution is 0.328. The zero-order valence-electron chi connectivity index (χ0n) is 10.7. The molecule has 1 saturated carbocycles. The smallest absolute Gasteiger partial charge is 0.147 e. The highest BCUT2D eigenvalue weighted by molar-refractivity contribution is 5.49. The predicted octanol–water partition coefficient (Wildman–Crippen LogP) is 4.08. The molecule has 0 heterocycles. The third-order valence-electron chi connectivity index (χ3n) is 3.84. The molecule has 1 aliphatic rings. The van der Waals surface area contributed by atoms with Gasteiger partial charge in [0.15, 0.2) is 0 Å². The van der Waals surface area contributed by atoms with E-state index < -0.39 is 0 Å². The highest BCUT2D eigenvalue weighted by Crippen LogP contribution is 2.28. The largest absolute Gasteiger partial charge is 0.380 e. The lowest BCUT2D eigenvalue weighted by Gasteiger charge is -2.29. The van der Waals surface area contributed by atoms with Crippen molar-refractivity contribution in [2.45, 2.75) is 45.1 Å². The van der Waals surface area contributed by atoms with Crippen LogP contribution < -0.4 is 5.32 Å². The molecule has 2 rings (SSSR count). The molecule has 1 unspecified atom stereocenters. The molecule has 1 N–H and O–H groups in total. The summed E-state index contributed by atoms with van der Waals surface area (Å²) >= 11 is 0. The van der Waals surface area contributed by atoms with Crippen LogP contribution in [0.4, 0.5) is 10.1 Å². The van der Waals surface area contributed by atoms with E-state index in [0.29, 0.717) is 17.2 Å². The van der Waals surface area contributed by atoms with E-state index in [1.54, 1.807) is 12.1 Å². The van der Waals surface area contributed by atoms with Gasteiger partial charge in [-0.15, -0.1) is 0 Å². The highest BCUT2D eigenvalue weighted by atomic mass is 19.1. The number of rotatable bonds is 3. The van der Waals surface area contributed by atoms with Crippen molar-refractivity contribution in [2.24, 2.45) is 5.92 Å². The minimum absolute atomic E-state index is 0.285. The van der Waals surface area contributed by atoms with Gasteiger partial charge in [0.05, 0.1) is 17.3 Å². The molecule has 1 aromatic rings. The van der Waals surface area contributed by atoms with Crippen molar-refractivity contribution < 1.29 is 4.39 Å². The van der Waals surface area contributed by atoms with Crippen LogP contribution in [0.3, 0.4) is 0 Å². The summed E-state index contributed by atoms with van der Waals surface area (Å²) in [4.78, 5) is 0. The van der Waals surface area contributed by atoms with E-state index >= 15 is 0 Å². The van der Waals surface area contributed by atoms with Gasteiger partial charge in [-0.25, -0.2) is 4.39 Å². The molecule has 1 aliphatic carbocycles. The number of halogens is 1. The van der Waals surface area contributed by atoms with Gasteiger partial charge in [-0.05, 0) is 43.9 Å². The quantitative estimate of drug-likeness (QED) is 0.872. The van der Waals surface area contributed by atoms with Crippen LogP contribution in [-0.2, 0) is 0 Å². The fourth-order valence-electron chi connectivity index (χ4n) is 2.70. The van der Waals surface area contributed by atoms with Gasteiger partial charge in [-0.3, -0.25) is 0 Å². The van der Waals surface area contributed by atoms with Crippen LogP contribution in [0.1, 0.15) is 44.6 Å². The van der Waals surface area contributed by atoms with Crippen LogP contribution in [-0.4, -0.2) is 6.04 Å². The van der Waals surface area contributed by atoms with Crippen molar-refractivity contribution in [1.82, 2.24) is 0 Å². The number of hydrogen-bond acceptors (Lipinski definition) is 2. The minimum Gasteiger partial charge on any atom is -0.380 e. The number of hydrogen-bond donors (Lipinski definition) is 1. The van der Waals surface area contributed by atoms with E-state index in [4.69, 9.17) is 5.26 Å². The standard InChI is InChI=1S/C15H19FN2/c1-11(13-5-3-2-4-6-13)18-15-8-7-12(10-17)9-14(15)16/h7-9,11,13,18H,2-6H2,1H3. The van der Waals surface area contributed by atoms with Gasteiger partial charge in [-0.1, -0.05) is 19.3 Å². The molecule has 0 bridgehead atoms. The Balaban J connectivity index is 2.02. The average molecular weight is 246 g/mol. The summed E-state index contributed by atoms with van der Waals surface area (Å²) < 4.78 is 13.8. The molecule has 1 aromatic carbocycles. The molecular weight excluding hydrogens is 227 g/mol. The van der Waals surface area contributed by atoms with Gasteiger partial charge < -0.3 is 5.32 Å². The van der Waals surface area contributed by atoms with Crippen LogP contribution in [0.25, 0.3) is 0 Å². The molecule has 1 atom stereocenters. The minimum atomic E-state index is -0.336. The van der Waals surface area contributed by atoms with Crippen LogP contribution in [0.15, 0.2) is 18.2 Å². The topological polar surface area (TPSA) is 35.8 Å². The van der Waals surface area contributed by atoms with Gasteiger partial charge >= 0.3 is 0 Å². The molecule has 0 radical (unpaired) electrons. The molecule has 18 heavy (non-hydrogen) atoms. The van der Waals surface area contributed by atoms with Crippen LogP contribution >= 0.6 is 0 Å². The molecule has 0 aliphatic heterocycles. The summed E-state index contributed by atoms with van der Waals surface area (Å²) in [5.74, 6) is 0.297. The Bertz CT molecular complexity index is 444. The lowest BCUT2D eigenvalue weighted by atomic mass is 9.84. The molecule has 0 saturated heterocycles. The molecular formula is C15H19FN2. The van der Waals surface area contributed by atoms with E-state index in [-0.39, 0.29) is 11.9 Å². The second-order valence-electron chi connectivity index (χ2n) is 5.14. The molecule has 3 heteroatoms. The van der Waals surface area contributed by atoms with Gasteiger partial charge in [0, 0.05) is 6.04 Å². The van der Waals surface area contributed by atoms with Crippen molar-refractivity contribution in [2.75, 3.05) is 5.32 Å². The third-order valence-corrected chi connectivity index (χ3v) is 3.84. The van der Waals surface area contributed by atoms with E-state index in [0.717, 1.165) is 0 Å². The second-order valence-corrected chi connectivity index (χ2v) is 5.14. The van der Waals surface area contributed by atoms with Crippen molar-refractivity contribution in [3.63, 3.8) is 0 Å². The summed E-state index contributed by atoms with van der Waals surface area (Å²) in [6.07, 6.45) is 6.35. The molecule has 0 spiro atoms. The number of nitrogens with one attached hydrogen (secondary N) is 1. The highest BCUT2D eigenvalue weighted by Gasteiger charge is 2.20. The maximum absolute atomic E-state index is 13.8. The first-order valence-electron chi connectivity index (χ1n) is 6.67. The SMILES string of the molecule is CC(Nc1ccc(C#N)cc1F)C1CCCCC1. The summed E-state index contributed by atoms with van der Waals surface area (Å²) in [5.41, 5.74) is 0.871. The first-order valence-corrected chi connectivity index (χ1v) is 6.67. The van der Waals surface area contributed by atoms with E-state index in [1.165, 1.54) is 38.2 Å². The normalized spacial score (nSPS) is 18.1. The van der Waals surface area contributed by atoms with E-state index in [1.807, 2.05) is 6.07 Å². The summed E-state index contributed by atoms with van der Waals surface area (Å²) in [6.45, 7) is 2.12. The van der Waals surface area contributed by atoms with Crippen molar-refractivity contribution >= 4 is 5.69 Å². The maximum atomic E-state index is 13.8. The molecule has 96 valence electrons. The Morgan fingerprint density at radius 2 is 2.06 bits per heavy atom. The Morgan fingerprint density at radius 3 is 2.67 bits per heavy atom. The Hall–Kier alpha value is -1.56. The summed E-state index contributed by atoms with van der Waals surface area (Å²) in [5, 5.41) is 11.9. The number of nitrogens with zero attached hydrogens (tertiary/aromatic N) is 1. The molecule has 0 amide bonds. The Kier molecular flexibility index (Phi) is 4.19.